The molecule has 1 aliphatic heterocycles. The van der Waals surface area contributed by atoms with Gasteiger partial charge in [-0.1, -0.05) is 24.3 Å². The summed E-state index contributed by atoms with van der Waals surface area (Å²) in [7, 11) is 4.19. The van der Waals surface area contributed by atoms with Crippen LogP contribution >= 0.6 is 0 Å². The predicted octanol–water partition coefficient (Wildman–Crippen LogP) is 2.40. The van der Waals surface area contributed by atoms with E-state index in [9.17, 15) is 0 Å². The molecule has 0 unspecified atom stereocenters. The minimum atomic E-state index is 0.910. The second kappa shape index (κ2) is 7.42. The van der Waals surface area contributed by atoms with E-state index in [4.69, 9.17) is 0 Å². The molecule has 1 N–H and O–H groups in total. The van der Waals surface area contributed by atoms with Crippen molar-refractivity contribution in [2.24, 2.45) is 0 Å². The highest BCUT2D eigenvalue weighted by atomic mass is 15.2. The first kappa shape index (κ1) is 15.7. The first-order valence-corrected chi connectivity index (χ1v) is 8.25. The molecule has 0 bridgehead atoms. The average Bonchev–Trinajstić information content (AvgIpc) is 2.58. The van der Waals surface area contributed by atoms with Gasteiger partial charge in [0, 0.05) is 25.7 Å². The van der Waals surface area contributed by atoms with Crippen LogP contribution in [-0.4, -0.2) is 48.6 Å². The molecule has 0 saturated heterocycles. The van der Waals surface area contributed by atoms with Crippen LogP contribution in [0.15, 0.2) is 36.7 Å². The van der Waals surface area contributed by atoms with E-state index in [1.807, 2.05) is 0 Å². The summed E-state index contributed by atoms with van der Waals surface area (Å²) in [5, 5.41) is 3.39. The van der Waals surface area contributed by atoms with Crippen molar-refractivity contribution in [3.05, 3.63) is 47.8 Å². The molecular formula is C18H25N5. The number of rotatable bonds is 6. The van der Waals surface area contributed by atoms with Crippen LogP contribution in [0.25, 0.3) is 0 Å². The van der Waals surface area contributed by atoms with E-state index < -0.39 is 0 Å². The zero-order valence-electron chi connectivity index (χ0n) is 14.0. The Kier molecular flexibility index (Phi) is 5.08. The smallest absolute Gasteiger partial charge is 0.134 e. The van der Waals surface area contributed by atoms with Crippen molar-refractivity contribution in [3.8, 4) is 0 Å². The number of nitrogens with one attached hydrogen (secondary N) is 1. The fourth-order valence-electron chi connectivity index (χ4n) is 2.92. The van der Waals surface area contributed by atoms with Crippen molar-refractivity contribution in [2.45, 2.75) is 19.4 Å². The van der Waals surface area contributed by atoms with E-state index in [1.54, 1.807) is 6.33 Å². The summed E-state index contributed by atoms with van der Waals surface area (Å²) in [5.41, 5.74) is 2.86. The van der Waals surface area contributed by atoms with Gasteiger partial charge in [0.1, 0.15) is 18.0 Å². The van der Waals surface area contributed by atoms with Gasteiger partial charge in [-0.05, 0) is 44.6 Å². The maximum absolute atomic E-state index is 4.46. The first-order chi connectivity index (χ1) is 11.2. The van der Waals surface area contributed by atoms with E-state index in [-0.39, 0.29) is 0 Å². The van der Waals surface area contributed by atoms with Gasteiger partial charge in [-0.3, -0.25) is 0 Å². The highest BCUT2D eigenvalue weighted by Gasteiger charge is 2.17. The number of hydrogen-bond acceptors (Lipinski definition) is 5. The fourth-order valence-corrected chi connectivity index (χ4v) is 2.92. The molecule has 122 valence electrons. The van der Waals surface area contributed by atoms with Crippen molar-refractivity contribution < 1.29 is 0 Å². The molecule has 5 heteroatoms. The van der Waals surface area contributed by atoms with Crippen LogP contribution < -0.4 is 10.2 Å². The lowest BCUT2D eigenvalue weighted by molar-refractivity contribution is 0.405. The number of fused-ring (bicyclic) bond motifs is 1. The van der Waals surface area contributed by atoms with Gasteiger partial charge in [0.25, 0.3) is 0 Å². The van der Waals surface area contributed by atoms with Gasteiger partial charge < -0.3 is 15.1 Å². The summed E-state index contributed by atoms with van der Waals surface area (Å²) in [6.07, 6.45) is 3.83. The van der Waals surface area contributed by atoms with Crippen molar-refractivity contribution in [2.75, 3.05) is 43.9 Å². The monoisotopic (exact) mass is 311 g/mol. The largest absolute Gasteiger partial charge is 0.370 e. The van der Waals surface area contributed by atoms with E-state index in [0.717, 1.165) is 50.7 Å². The number of hydrogen-bond donors (Lipinski definition) is 1. The topological polar surface area (TPSA) is 44.3 Å². The molecule has 23 heavy (non-hydrogen) atoms. The molecule has 2 aromatic rings. The minimum Gasteiger partial charge on any atom is -0.370 e. The standard InChI is InChI=1S/C18H25N5/c1-22(2)10-5-9-19-17-12-18(21-14-20-17)23-11-8-15-6-3-4-7-16(15)13-23/h3-4,6-7,12,14H,5,8-11,13H2,1-2H3,(H,19,20,21). The molecule has 2 heterocycles. The molecule has 0 aliphatic carbocycles. The zero-order chi connectivity index (χ0) is 16.1. The Balaban J connectivity index is 1.62. The van der Waals surface area contributed by atoms with Crippen LogP contribution in [0.5, 0.6) is 0 Å². The predicted molar refractivity (Wildman–Crippen MR) is 94.9 cm³/mol. The van der Waals surface area contributed by atoms with Crippen molar-refractivity contribution >= 4 is 11.6 Å². The zero-order valence-corrected chi connectivity index (χ0v) is 14.0. The van der Waals surface area contributed by atoms with Crippen molar-refractivity contribution in [1.29, 1.82) is 0 Å². The maximum Gasteiger partial charge on any atom is 0.134 e. The van der Waals surface area contributed by atoms with E-state index in [0.29, 0.717) is 0 Å². The number of aromatic nitrogens is 2. The second-order valence-corrected chi connectivity index (χ2v) is 6.29. The minimum absolute atomic E-state index is 0.910. The molecular weight excluding hydrogens is 286 g/mol. The quantitative estimate of drug-likeness (QED) is 0.830. The van der Waals surface area contributed by atoms with Crippen molar-refractivity contribution in [3.63, 3.8) is 0 Å². The summed E-state index contributed by atoms with van der Waals surface area (Å²) in [6, 6.07) is 10.7. The third-order valence-electron chi connectivity index (χ3n) is 4.20. The Morgan fingerprint density at radius 1 is 1.17 bits per heavy atom. The van der Waals surface area contributed by atoms with Gasteiger partial charge >= 0.3 is 0 Å². The Morgan fingerprint density at radius 3 is 2.83 bits per heavy atom. The summed E-state index contributed by atoms with van der Waals surface area (Å²) in [6.45, 7) is 3.94. The number of anilines is 2. The highest BCUT2D eigenvalue weighted by molar-refractivity contribution is 5.50. The summed E-state index contributed by atoms with van der Waals surface area (Å²) >= 11 is 0. The summed E-state index contributed by atoms with van der Waals surface area (Å²) < 4.78 is 0. The molecule has 0 radical (unpaired) electrons. The Hall–Kier alpha value is -2.14. The molecule has 5 nitrogen and oxygen atoms in total. The van der Waals surface area contributed by atoms with Crippen LogP contribution in [0.4, 0.5) is 11.6 Å². The van der Waals surface area contributed by atoms with E-state index in [2.05, 4.69) is 69.5 Å². The summed E-state index contributed by atoms with van der Waals surface area (Å²) in [4.78, 5) is 13.3. The lowest BCUT2D eigenvalue weighted by Gasteiger charge is -2.29. The van der Waals surface area contributed by atoms with Gasteiger partial charge in [-0.2, -0.15) is 0 Å². The third kappa shape index (κ3) is 4.20. The van der Waals surface area contributed by atoms with E-state index >= 15 is 0 Å². The van der Waals surface area contributed by atoms with Gasteiger partial charge in [-0.15, -0.1) is 0 Å². The third-order valence-corrected chi connectivity index (χ3v) is 4.20. The Morgan fingerprint density at radius 2 is 2.00 bits per heavy atom. The SMILES string of the molecule is CN(C)CCCNc1cc(N2CCc3ccccc3C2)ncn1. The Labute approximate surface area is 138 Å². The van der Waals surface area contributed by atoms with Gasteiger partial charge in [0.15, 0.2) is 0 Å². The molecule has 0 saturated carbocycles. The normalized spacial score (nSPS) is 14.0. The average molecular weight is 311 g/mol. The van der Waals surface area contributed by atoms with E-state index in [1.165, 1.54) is 11.1 Å². The first-order valence-electron chi connectivity index (χ1n) is 8.25. The molecule has 1 aromatic carbocycles. The molecule has 0 amide bonds. The van der Waals surface area contributed by atoms with Crippen LogP contribution in [0.2, 0.25) is 0 Å². The van der Waals surface area contributed by atoms with Crippen LogP contribution in [0.1, 0.15) is 17.5 Å². The van der Waals surface area contributed by atoms with Crippen molar-refractivity contribution in [1.82, 2.24) is 14.9 Å². The van der Waals surface area contributed by atoms with Crippen LogP contribution in [0, 0.1) is 0 Å². The number of nitrogens with zero attached hydrogens (tertiary/aromatic N) is 4. The molecule has 1 aromatic heterocycles. The molecule has 0 fully saturated rings. The van der Waals surface area contributed by atoms with Crippen LogP contribution in [0.3, 0.4) is 0 Å². The molecule has 0 atom stereocenters. The van der Waals surface area contributed by atoms with Gasteiger partial charge in [0.05, 0.1) is 0 Å². The Bertz CT molecular complexity index is 641. The van der Waals surface area contributed by atoms with Crippen LogP contribution in [-0.2, 0) is 13.0 Å². The lowest BCUT2D eigenvalue weighted by atomic mass is 10.00. The van der Waals surface area contributed by atoms with Gasteiger partial charge in [-0.25, -0.2) is 9.97 Å². The number of benzene rings is 1. The lowest BCUT2D eigenvalue weighted by Crippen LogP contribution is -2.31. The second-order valence-electron chi connectivity index (χ2n) is 6.29. The highest BCUT2D eigenvalue weighted by Crippen LogP contribution is 2.23. The van der Waals surface area contributed by atoms with Gasteiger partial charge in [0.2, 0.25) is 0 Å². The fraction of sp³-hybridized carbons (Fsp3) is 0.444. The summed E-state index contributed by atoms with van der Waals surface area (Å²) in [5.74, 6) is 1.91. The molecule has 0 spiro atoms. The molecule has 1 aliphatic rings. The molecule has 3 rings (SSSR count). The maximum atomic E-state index is 4.46.